The summed E-state index contributed by atoms with van der Waals surface area (Å²) in [5.41, 5.74) is 2.16. The van der Waals surface area contributed by atoms with Gasteiger partial charge in [0.25, 0.3) is 0 Å². The molecule has 2 heterocycles. The van der Waals surface area contributed by atoms with Crippen molar-refractivity contribution in [1.29, 1.82) is 0 Å². The van der Waals surface area contributed by atoms with Gasteiger partial charge in [-0.1, -0.05) is 45.0 Å². The highest BCUT2D eigenvalue weighted by molar-refractivity contribution is 5.76. The second-order valence-electron chi connectivity index (χ2n) is 10.3. The van der Waals surface area contributed by atoms with E-state index in [1.807, 2.05) is 29.2 Å². The predicted octanol–water partition coefficient (Wildman–Crippen LogP) is 5.10. The fourth-order valence-corrected chi connectivity index (χ4v) is 5.27. The molecule has 2 aliphatic rings. The monoisotopic (exact) mass is 467 g/mol. The summed E-state index contributed by atoms with van der Waals surface area (Å²) < 4.78 is 19.4. The molecule has 1 N–H and O–H groups in total. The number of hydrogen-bond acceptors (Lipinski definition) is 3. The van der Waals surface area contributed by atoms with Gasteiger partial charge in [0.2, 0.25) is 0 Å². The van der Waals surface area contributed by atoms with Crippen LogP contribution in [0.1, 0.15) is 44.7 Å². The van der Waals surface area contributed by atoms with Gasteiger partial charge >= 0.3 is 6.03 Å². The minimum Gasteiger partial charge on any atom is -0.493 e. The van der Waals surface area contributed by atoms with Crippen LogP contribution >= 0.6 is 0 Å². The van der Waals surface area contributed by atoms with E-state index in [-0.39, 0.29) is 23.3 Å². The second kappa shape index (κ2) is 10.8. The van der Waals surface area contributed by atoms with Crippen LogP contribution in [0.5, 0.6) is 5.75 Å². The summed E-state index contributed by atoms with van der Waals surface area (Å²) >= 11 is 0. The summed E-state index contributed by atoms with van der Waals surface area (Å²) in [5.74, 6) is 1.10. The molecule has 2 saturated heterocycles. The van der Waals surface area contributed by atoms with E-state index in [9.17, 15) is 9.18 Å². The van der Waals surface area contributed by atoms with E-state index < -0.39 is 0 Å². The Hall–Kier alpha value is -2.60. The van der Waals surface area contributed by atoms with Crippen LogP contribution in [0.15, 0.2) is 48.5 Å². The van der Waals surface area contributed by atoms with Crippen LogP contribution < -0.4 is 10.1 Å². The standard InChI is InChI=1S/C28H38FN3O2/c1-4-31-15-13-28(14-16-31)20-30-27(33)32(26(28)17-22-5-9-24(29)10-6-22)18-23-7-11-25(12-8-23)34-19-21(2)3/h5-12,21,26H,4,13-20H2,1-3H3,(H,30,33). The Labute approximate surface area is 203 Å². The topological polar surface area (TPSA) is 44.8 Å². The molecule has 1 spiro atoms. The highest BCUT2D eigenvalue weighted by atomic mass is 19.1. The van der Waals surface area contributed by atoms with Crippen LogP contribution in [0.2, 0.25) is 0 Å². The Morgan fingerprint density at radius 1 is 1.06 bits per heavy atom. The summed E-state index contributed by atoms with van der Waals surface area (Å²) in [6, 6.07) is 14.9. The first kappa shape index (κ1) is 24.5. The summed E-state index contributed by atoms with van der Waals surface area (Å²) in [6.45, 7) is 11.5. The van der Waals surface area contributed by atoms with Crippen molar-refractivity contribution >= 4 is 6.03 Å². The Morgan fingerprint density at radius 2 is 1.71 bits per heavy atom. The lowest BCUT2D eigenvalue weighted by Gasteiger charge is -2.53. The zero-order valence-electron chi connectivity index (χ0n) is 20.7. The van der Waals surface area contributed by atoms with Gasteiger partial charge in [-0.25, -0.2) is 9.18 Å². The molecule has 1 atom stereocenters. The maximum atomic E-state index is 13.6. The lowest BCUT2D eigenvalue weighted by atomic mass is 9.68. The van der Waals surface area contributed by atoms with Gasteiger partial charge in [-0.15, -0.1) is 0 Å². The van der Waals surface area contributed by atoms with E-state index in [2.05, 4.69) is 43.1 Å². The van der Waals surface area contributed by atoms with Crippen molar-refractivity contribution in [2.75, 3.05) is 32.8 Å². The molecular weight excluding hydrogens is 429 g/mol. The number of nitrogens with zero attached hydrogens (tertiary/aromatic N) is 2. The average molecular weight is 468 g/mol. The van der Waals surface area contributed by atoms with Crippen molar-refractivity contribution in [2.45, 2.75) is 52.6 Å². The highest BCUT2D eigenvalue weighted by Gasteiger charge is 2.48. The molecule has 1 unspecified atom stereocenters. The summed E-state index contributed by atoms with van der Waals surface area (Å²) in [5, 5.41) is 3.20. The lowest BCUT2D eigenvalue weighted by Crippen LogP contribution is -2.65. The molecule has 34 heavy (non-hydrogen) atoms. The van der Waals surface area contributed by atoms with E-state index >= 15 is 0 Å². The molecule has 4 rings (SSSR count). The third-order valence-corrected chi connectivity index (χ3v) is 7.44. The molecule has 5 nitrogen and oxygen atoms in total. The van der Waals surface area contributed by atoms with Crippen LogP contribution in [-0.2, 0) is 13.0 Å². The molecule has 2 aromatic rings. The van der Waals surface area contributed by atoms with Gasteiger partial charge in [-0.3, -0.25) is 0 Å². The summed E-state index contributed by atoms with van der Waals surface area (Å²) in [6.07, 6.45) is 2.83. The molecule has 0 radical (unpaired) electrons. The Morgan fingerprint density at radius 3 is 2.32 bits per heavy atom. The van der Waals surface area contributed by atoms with Crippen molar-refractivity contribution in [3.05, 3.63) is 65.5 Å². The number of carbonyl (C=O) groups is 1. The van der Waals surface area contributed by atoms with E-state index in [1.54, 1.807) is 0 Å². The molecule has 6 heteroatoms. The van der Waals surface area contributed by atoms with Crippen molar-refractivity contribution in [3.8, 4) is 5.75 Å². The molecule has 0 bridgehead atoms. The Kier molecular flexibility index (Phi) is 7.77. The number of halogens is 1. The first-order valence-corrected chi connectivity index (χ1v) is 12.6. The number of carbonyl (C=O) groups excluding carboxylic acids is 1. The molecule has 2 aromatic carbocycles. The van der Waals surface area contributed by atoms with Gasteiger partial charge in [-0.05, 0) is 80.2 Å². The molecule has 2 amide bonds. The average Bonchev–Trinajstić information content (AvgIpc) is 2.85. The molecule has 2 aliphatic heterocycles. The van der Waals surface area contributed by atoms with Gasteiger partial charge in [0.1, 0.15) is 11.6 Å². The first-order chi connectivity index (χ1) is 16.4. The molecule has 0 aliphatic carbocycles. The number of piperidine rings is 1. The molecular formula is C28H38FN3O2. The van der Waals surface area contributed by atoms with Gasteiger partial charge in [0, 0.05) is 24.5 Å². The highest BCUT2D eigenvalue weighted by Crippen LogP contribution is 2.41. The third kappa shape index (κ3) is 5.72. The maximum Gasteiger partial charge on any atom is 0.318 e. The van der Waals surface area contributed by atoms with Crippen LogP contribution in [0.3, 0.4) is 0 Å². The number of amides is 2. The Balaban J connectivity index is 1.57. The third-order valence-electron chi connectivity index (χ3n) is 7.44. The normalized spacial score (nSPS) is 20.6. The van der Waals surface area contributed by atoms with E-state index in [1.165, 1.54) is 12.1 Å². The quantitative estimate of drug-likeness (QED) is 0.588. The predicted molar refractivity (Wildman–Crippen MR) is 133 cm³/mol. The fourth-order valence-electron chi connectivity index (χ4n) is 5.27. The van der Waals surface area contributed by atoms with Gasteiger partial charge in [-0.2, -0.15) is 0 Å². The van der Waals surface area contributed by atoms with Crippen molar-refractivity contribution < 1.29 is 13.9 Å². The molecule has 0 aromatic heterocycles. The fraction of sp³-hybridized carbons (Fsp3) is 0.536. The number of urea groups is 1. The van der Waals surface area contributed by atoms with E-state index in [0.29, 0.717) is 25.6 Å². The number of hydrogen-bond donors (Lipinski definition) is 1. The van der Waals surface area contributed by atoms with Crippen LogP contribution in [0.25, 0.3) is 0 Å². The van der Waals surface area contributed by atoms with Crippen molar-refractivity contribution in [1.82, 2.24) is 15.1 Å². The van der Waals surface area contributed by atoms with Crippen LogP contribution in [0.4, 0.5) is 9.18 Å². The molecule has 184 valence electrons. The van der Waals surface area contributed by atoms with Crippen LogP contribution in [-0.4, -0.2) is 54.7 Å². The van der Waals surface area contributed by atoms with Gasteiger partial charge in [0.15, 0.2) is 0 Å². The van der Waals surface area contributed by atoms with Crippen LogP contribution in [0, 0.1) is 17.2 Å². The van der Waals surface area contributed by atoms with E-state index in [0.717, 1.165) is 55.8 Å². The zero-order chi connectivity index (χ0) is 24.1. The number of likely N-dealkylation sites (tertiary alicyclic amines) is 1. The van der Waals surface area contributed by atoms with Gasteiger partial charge in [0.05, 0.1) is 6.61 Å². The smallest absolute Gasteiger partial charge is 0.318 e. The van der Waals surface area contributed by atoms with Crippen molar-refractivity contribution in [2.24, 2.45) is 11.3 Å². The number of nitrogens with one attached hydrogen (secondary N) is 1. The Bertz CT molecular complexity index is 937. The first-order valence-electron chi connectivity index (χ1n) is 12.6. The minimum absolute atomic E-state index is 0.00822. The largest absolute Gasteiger partial charge is 0.493 e. The number of benzene rings is 2. The van der Waals surface area contributed by atoms with E-state index in [4.69, 9.17) is 4.74 Å². The SMILES string of the molecule is CCN1CCC2(CC1)CNC(=O)N(Cc1ccc(OCC(C)C)cc1)C2Cc1ccc(F)cc1. The van der Waals surface area contributed by atoms with Gasteiger partial charge < -0.3 is 19.9 Å². The number of rotatable bonds is 8. The number of ether oxygens (including phenoxy) is 1. The summed E-state index contributed by atoms with van der Waals surface area (Å²) in [4.78, 5) is 17.7. The van der Waals surface area contributed by atoms with Crippen molar-refractivity contribution in [3.63, 3.8) is 0 Å². The minimum atomic E-state index is -0.229. The molecule has 0 saturated carbocycles. The second-order valence-corrected chi connectivity index (χ2v) is 10.3. The maximum absolute atomic E-state index is 13.6. The zero-order valence-corrected chi connectivity index (χ0v) is 20.7. The molecule has 2 fully saturated rings. The lowest BCUT2D eigenvalue weighted by molar-refractivity contribution is 0.000317. The summed E-state index contributed by atoms with van der Waals surface area (Å²) in [7, 11) is 0.